The van der Waals surface area contributed by atoms with Crippen LogP contribution in [0.5, 0.6) is 0 Å². The van der Waals surface area contributed by atoms with E-state index in [1.54, 1.807) is 30.3 Å². The summed E-state index contributed by atoms with van der Waals surface area (Å²) in [5, 5.41) is 15.8. The number of aliphatic carboxylic acids is 1. The van der Waals surface area contributed by atoms with Crippen LogP contribution < -0.4 is 15.5 Å². The van der Waals surface area contributed by atoms with Crippen LogP contribution in [0.4, 0.5) is 17.1 Å². The molecule has 1 N–H and O–H groups in total. The quantitative estimate of drug-likeness (QED) is 0.143. The van der Waals surface area contributed by atoms with Crippen LogP contribution in [0.1, 0.15) is 16.9 Å². The van der Waals surface area contributed by atoms with Crippen molar-refractivity contribution in [3.05, 3.63) is 130 Å². The number of anilines is 3. The molecule has 3 aromatic carbocycles. The Balaban J connectivity index is 1.08. The molecular weight excluding hydrogens is 631 g/mol. The average molecular weight is 656 g/mol. The number of benzene rings is 3. The zero-order chi connectivity index (χ0) is 32.1. The molecule has 0 aliphatic carbocycles. The van der Waals surface area contributed by atoms with Gasteiger partial charge in [-0.15, -0.1) is 22.7 Å². The predicted molar refractivity (Wildman–Crippen MR) is 188 cm³/mol. The van der Waals surface area contributed by atoms with Crippen LogP contribution in [0, 0.1) is 0 Å². The van der Waals surface area contributed by atoms with Crippen LogP contribution in [0.15, 0.2) is 123 Å². The summed E-state index contributed by atoms with van der Waals surface area (Å²) in [6, 6.07) is 32.7. The molecule has 5 heterocycles. The predicted octanol–water partition coefficient (Wildman–Crippen LogP) is 8.21. The van der Waals surface area contributed by atoms with Gasteiger partial charge in [-0.05, 0) is 85.1 Å². The number of hydrogen-bond donors (Lipinski definition) is 1. The summed E-state index contributed by atoms with van der Waals surface area (Å²) in [5.74, 6) is -1.77. The molecule has 8 nitrogen and oxygen atoms in total. The van der Waals surface area contributed by atoms with E-state index in [1.165, 1.54) is 28.2 Å². The zero-order valence-electron chi connectivity index (χ0n) is 24.8. The molecule has 3 aromatic heterocycles. The molecule has 0 unspecified atom stereocenters. The third-order valence-corrected chi connectivity index (χ3v) is 10.6. The van der Waals surface area contributed by atoms with Gasteiger partial charge in [0, 0.05) is 48.9 Å². The lowest BCUT2D eigenvalue weighted by atomic mass is 9.98. The van der Waals surface area contributed by atoms with Gasteiger partial charge in [0.1, 0.15) is 5.58 Å². The van der Waals surface area contributed by atoms with Crippen molar-refractivity contribution in [2.75, 3.05) is 16.5 Å². The van der Waals surface area contributed by atoms with Gasteiger partial charge in [-0.2, -0.15) is 10.1 Å². The number of fused-ring (bicyclic) bond motifs is 2. The van der Waals surface area contributed by atoms with Crippen molar-refractivity contribution in [2.24, 2.45) is 5.10 Å². The molecule has 2 aliphatic rings. The Labute approximate surface area is 276 Å². The van der Waals surface area contributed by atoms with Crippen LogP contribution in [-0.4, -0.2) is 29.2 Å². The maximum absolute atomic E-state index is 13.3. The van der Waals surface area contributed by atoms with Gasteiger partial charge >= 0.3 is 11.6 Å². The summed E-state index contributed by atoms with van der Waals surface area (Å²) < 4.78 is 5.90. The van der Waals surface area contributed by atoms with E-state index in [2.05, 4.69) is 28.2 Å². The number of carboxylic acid groups (broad SMARTS) is 1. The van der Waals surface area contributed by atoms with Crippen molar-refractivity contribution < 1.29 is 19.1 Å². The summed E-state index contributed by atoms with van der Waals surface area (Å²) in [6.07, 6.45) is 3.56. The van der Waals surface area contributed by atoms with E-state index in [9.17, 15) is 19.5 Å². The van der Waals surface area contributed by atoms with E-state index in [0.29, 0.717) is 21.7 Å². The number of rotatable bonds is 6. The Bertz CT molecular complexity index is 2320. The lowest BCUT2D eigenvalue weighted by Gasteiger charge is -2.31. The highest BCUT2D eigenvalue weighted by atomic mass is 32.1. The second-order valence-electron chi connectivity index (χ2n) is 11.2. The van der Waals surface area contributed by atoms with Crippen molar-refractivity contribution >= 4 is 74.4 Å². The highest BCUT2D eigenvalue weighted by molar-refractivity contribution is 7.24. The summed E-state index contributed by atoms with van der Waals surface area (Å²) in [4.78, 5) is 44.1. The molecule has 47 heavy (non-hydrogen) atoms. The van der Waals surface area contributed by atoms with Gasteiger partial charge in [-0.25, -0.2) is 9.59 Å². The van der Waals surface area contributed by atoms with E-state index in [1.807, 2.05) is 60.7 Å². The van der Waals surface area contributed by atoms with E-state index >= 15 is 0 Å². The van der Waals surface area contributed by atoms with Gasteiger partial charge in [0.2, 0.25) is 0 Å². The van der Waals surface area contributed by atoms with E-state index in [4.69, 9.17) is 4.42 Å². The Kier molecular flexibility index (Phi) is 7.16. The monoisotopic (exact) mass is 655 g/mol. The first kappa shape index (κ1) is 28.9. The molecular formula is C37H25N3O5S2. The van der Waals surface area contributed by atoms with Gasteiger partial charge in [0.05, 0.1) is 16.8 Å². The normalized spacial score (nSPS) is 15.4. The number of thiophene rings is 2. The largest absolute Gasteiger partial charge is 0.476 e. The van der Waals surface area contributed by atoms with Gasteiger partial charge < -0.3 is 14.4 Å². The third kappa shape index (κ3) is 5.27. The molecule has 2 aliphatic heterocycles. The first-order chi connectivity index (χ1) is 22.9. The van der Waals surface area contributed by atoms with E-state index in [-0.39, 0.29) is 11.3 Å². The third-order valence-electron chi connectivity index (χ3n) is 8.23. The lowest BCUT2D eigenvalue weighted by molar-refractivity contribution is -0.129. The van der Waals surface area contributed by atoms with Crippen LogP contribution in [0.2, 0.25) is 0 Å². The topological polar surface area (TPSA) is 103 Å². The Morgan fingerprint density at radius 3 is 2.30 bits per heavy atom. The fourth-order valence-electron chi connectivity index (χ4n) is 6.02. The van der Waals surface area contributed by atoms with Crippen LogP contribution in [0.3, 0.4) is 0 Å². The minimum Gasteiger partial charge on any atom is -0.476 e. The van der Waals surface area contributed by atoms with Crippen molar-refractivity contribution in [1.82, 2.24) is 0 Å². The first-order valence-corrected chi connectivity index (χ1v) is 16.6. The Morgan fingerprint density at radius 2 is 1.53 bits per heavy atom. The Morgan fingerprint density at radius 1 is 0.830 bits per heavy atom. The minimum atomic E-state index is -1.27. The van der Waals surface area contributed by atoms with E-state index in [0.717, 1.165) is 55.8 Å². The SMILES string of the molecule is O=C(O)C1=NN(c2ccccc2)C(=O)/C1=C\c1ccc(-c2ccc(-c3cc4cc5c(cc4oc3=O)N(c3ccccc3)CCC5)s2)s1. The van der Waals surface area contributed by atoms with Crippen LogP contribution >= 0.6 is 22.7 Å². The molecule has 230 valence electrons. The highest BCUT2D eigenvalue weighted by Gasteiger charge is 2.35. The van der Waals surface area contributed by atoms with Gasteiger partial charge in [-0.3, -0.25) is 4.79 Å². The van der Waals surface area contributed by atoms with Crippen LogP contribution in [-0.2, 0) is 16.0 Å². The van der Waals surface area contributed by atoms with Crippen molar-refractivity contribution in [1.29, 1.82) is 0 Å². The number of carbonyl (C=O) groups is 2. The fraction of sp³-hybridized carbons (Fsp3) is 0.0811. The lowest BCUT2D eigenvalue weighted by Crippen LogP contribution is -2.24. The second kappa shape index (κ2) is 11.7. The summed E-state index contributed by atoms with van der Waals surface area (Å²) in [5.41, 5.74) is 4.29. The maximum atomic E-state index is 13.3. The van der Waals surface area contributed by atoms with Crippen molar-refractivity contribution in [3.8, 4) is 20.2 Å². The maximum Gasteiger partial charge on any atom is 0.357 e. The fourth-order valence-corrected chi connectivity index (χ4v) is 8.07. The first-order valence-electron chi connectivity index (χ1n) is 15.0. The molecule has 0 spiro atoms. The van der Waals surface area contributed by atoms with Gasteiger partial charge in [0.25, 0.3) is 5.91 Å². The molecule has 0 saturated carbocycles. The number of aryl methyl sites for hydroxylation is 1. The molecule has 8 rings (SSSR count). The Hall–Kier alpha value is -5.58. The molecule has 6 aromatic rings. The van der Waals surface area contributed by atoms with Gasteiger partial charge in [0.15, 0.2) is 5.71 Å². The summed E-state index contributed by atoms with van der Waals surface area (Å²) >= 11 is 2.90. The summed E-state index contributed by atoms with van der Waals surface area (Å²) in [6.45, 7) is 0.904. The smallest absolute Gasteiger partial charge is 0.357 e. The standard InChI is InChI=1S/C37H25N3O5S2/c41-35-28(34(36(42)43)38-40(35)25-11-5-2-6-12-25)20-26-13-14-32(46-26)33-16-15-31(47-33)27-19-23-18-22-8-7-17-39(24-9-3-1-4-10-24)29(22)21-30(23)45-37(27)44/h1-6,9-16,18-21H,7-8,17H2,(H,42,43)/b28-20-. The number of nitrogens with zero attached hydrogens (tertiary/aromatic N) is 3. The number of hydrogen-bond acceptors (Lipinski definition) is 8. The highest BCUT2D eigenvalue weighted by Crippen LogP contribution is 2.40. The molecule has 0 saturated heterocycles. The molecule has 10 heteroatoms. The average Bonchev–Trinajstić information content (AvgIpc) is 3.84. The molecule has 0 bridgehead atoms. The second-order valence-corrected chi connectivity index (χ2v) is 13.4. The molecule has 0 radical (unpaired) electrons. The number of amides is 1. The molecule has 1 amide bonds. The number of para-hydroxylation sites is 2. The number of carboxylic acids is 1. The summed E-state index contributed by atoms with van der Waals surface area (Å²) in [7, 11) is 0. The van der Waals surface area contributed by atoms with Gasteiger partial charge in [-0.1, -0.05) is 36.4 Å². The minimum absolute atomic E-state index is 0.0180. The number of carbonyl (C=O) groups excluding carboxylic acids is 1. The number of hydrazone groups is 1. The molecule has 0 fully saturated rings. The zero-order valence-corrected chi connectivity index (χ0v) is 26.4. The van der Waals surface area contributed by atoms with Crippen molar-refractivity contribution in [3.63, 3.8) is 0 Å². The molecule has 0 atom stereocenters. The van der Waals surface area contributed by atoms with E-state index < -0.39 is 17.5 Å². The van der Waals surface area contributed by atoms with Crippen LogP contribution in [0.25, 0.3) is 37.2 Å². The van der Waals surface area contributed by atoms with Crippen molar-refractivity contribution in [2.45, 2.75) is 12.8 Å².